The summed E-state index contributed by atoms with van der Waals surface area (Å²) in [7, 11) is 0. The Morgan fingerprint density at radius 3 is 2.39 bits per heavy atom. The van der Waals surface area contributed by atoms with Crippen LogP contribution < -0.4 is 5.73 Å². The summed E-state index contributed by atoms with van der Waals surface area (Å²) < 4.78 is 0.855. The van der Waals surface area contributed by atoms with E-state index in [2.05, 4.69) is 53.6 Å². The van der Waals surface area contributed by atoms with Crippen molar-refractivity contribution in [2.24, 2.45) is 11.8 Å². The molecule has 18 heavy (non-hydrogen) atoms. The fourth-order valence-electron chi connectivity index (χ4n) is 1.54. The highest BCUT2D eigenvalue weighted by atomic mass is 79.9. The van der Waals surface area contributed by atoms with E-state index in [1.54, 1.807) is 0 Å². The Morgan fingerprint density at radius 2 is 1.83 bits per heavy atom. The normalized spacial score (nSPS) is 11.5. The summed E-state index contributed by atoms with van der Waals surface area (Å²) in [5, 5.41) is 0. The molecule has 0 aliphatic heterocycles. The van der Waals surface area contributed by atoms with E-state index >= 15 is 0 Å². The Kier molecular flexibility index (Phi) is 6.43. The van der Waals surface area contributed by atoms with Gasteiger partial charge in [0.2, 0.25) is 0 Å². The van der Waals surface area contributed by atoms with Crippen molar-refractivity contribution in [2.45, 2.75) is 39.9 Å². The number of aromatic nitrogens is 2. The lowest BCUT2D eigenvalue weighted by Crippen LogP contribution is -2.07. The number of hydrogen-bond acceptors (Lipinski definition) is 4. The van der Waals surface area contributed by atoms with Crippen molar-refractivity contribution in [3.05, 3.63) is 16.0 Å². The van der Waals surface area contributed by atoms with Crippen LogP contribution in [0.25, 0.3) is 0 Å². The molecule has 1 rings (SSSR count). The first kappa shape index (κ1) is 15.8. The average molecular weight is 332 g/mol. The van der Waals surface area contributed by atoms with Gasteiger partial charge in [-0.15, -0.1) is 0 Å². The smallest absolute Gasteiger partial charge is 0.141 e. The van der Waals surface area contributed by atoms with E-state index in [-0.39, 0.29) is 0 Å². The van der Waals surface area contributed by atoms with Gasteiger partial charge in [0.05, 0.1) is 15.9 Å². The molecule has 0 atom stereocenters. The maximum Gasteiger partial charge on any atom is 0.141 e. The van der Waals surface area contributed by atoms with Gasteiger partial charge in [0.15, 0.2) is 0 Å². The molecule has 0 amide bonds. The molecule has 3 nitrogen and oxygen atoms in total. The van der Waals surface area contributed by atoms with E-state index in [0.717, 1.165) is 33.9 Å². The molecule has 0 spiro atoms. The maximum absolute atomic E-state index is 5.92. The summed E-state index contributed by atoms with van der Waals surface area (Å²) in [6, 6.07) is 0. The van der Waals surface area contributed by atoms with E-state index < -0.39 is 0 Å². The number of nitrogens with zero attached hydrogens (tertiary/aromatic N) is 2. The lowest BCUT2D eigenvalue weighted by molar-refractivity contribution is 0.630. The first-order valence-corrected chi connectivity index (χ1v) is 8.23. The first-order valence-electron chi connectivity index (χ1n) is 6.28. The van der Waals surface area contributed by atoms with Crippen LogP contribution in [0, 0.1) is 11.8 Å². The van der Waals surface area contributed by atoms with Gasteiger partial charge in [-0.3, -0.25) is 0 Å². The quantitative estimate of drug-likeness (QED) is 0.858. The van der Waals surface area contributed by atoms with Crippen molar-refractivity contribution < 1.29 is 0 Å². The van der Waals surface area contributed by atoms with E-state index in [0.29, 0.717) is 17.7 Å². The second kappa shape index (κ2) is 7.34. The summed E-state index contributed by atoms with van der Waals surface area (Å²) in [5.74, 6) is 4.61. The molecule has 1 aromatic heterocycles. The third-order valence-electron chi connectivity index (χ3n) is 2.28. The zero-order valence-electron chi connectivity index (χ0n) is 11.5. The van der Waals surface area contributed by atoms with Crippen molar-refractivity contribution in [3.63, 3.8) is 0 Å². The molecule has 0 saturated carbocycles. The molecule has 0 unspecified atom stereocenters. The number of thioether (sulfide) groups is 1. The minimum atomic E-state index is 0.556. The monoisotopic (exact) mass is 331 g/mol. The standard InChI is InChI=1S/C13H22BrN3S/c1-8(2)5-10-12(14)13(15)17-11(16-10)7-18-6-9(3)4/h8-9H,5-7H2,1-4H3,(H2,15,16,17). The van der Waals surface area contributed by atoms with Gasteiger partial charge in [0.1, 0.15) is 11.6 Å². The topological polar surface area (TPSA) is 51.8 Å². The summed E-state index contributed by atoms with van der Waals surface area (Å²) in [5.41, 5.74) is 6.95. The van der Waals surface area contributed by atoms with E-state index in [1.807, 2.05) is 11.8 Å². The van der Waals surface area contributed by atoms with Gasteiger partial charge >= 0.3 is 0 Å². The first-order chi connectivity index (χ1) is 8.40. The summed E-state index contributed by atoms with van der Waals surface area (Å²) in [6.45, 7) is 8.79. The van der Waals surface area contributed by atoms with Crippen LogP contribution in [0.3, 0.4) is 0 Å². The fourth-order valence-corrected chi connectivity index (χ4v) is 2.78. The highest BCUT2D eigenvalue weighted by molar-refractivity contribution is 9.10. The van der Waals surface area contributed by atoms with Gasteiger partial charge in [0.25, 0.3) is 0 Å². The van der Waals surface area contributed by atoms with Crippen LogP contribution in [0.4, 0.5) is 5.82 Å². The molecule has 0 aromatic carbocycles. The Labute approximate surface area is 122 Å². The summed E-state index contributed by atoms with van der Waals surface area (Å²) in [6.07, 6.45) is 0.926. The van der Waals surface area contributed by atoms with Crippen LogP contribution in [-0.4, -0.2) is 15.7 Å². The number of rotatable bonds is 6. The van der Waals surface area contributed by atoms with Gasteiger partial charge in [-0.1, -0.05) is 27.7 Å². The fraction of sp³-hybridized carbons (Fsp3) is 0.692. The molecule has 5 heteroatoms. The zero-order valence-corrected chi connectivity index (χ0v) is 13.9. The van der Waals surface area contributed by atoms with Crippen LogP contribution in [0.15, 0.2) is 4.47 Å². The van der Waals surface area contributed by atoms with E-state index in [4.69, 9.17) is 5.73 Å². The average Bonchev–Trinajstić information content (AvgIpc) is 2.24. The Morgan fingerprint density at radius 1 is 1.17 bits per heavy atom. The molecule has 0 bridgehead atoms. The van der Waals surface area contributed by atoms with Gasteiger partial charge in [-0.2, -0.15) is 11.8 Å². The number of nitrogens with two attached hydrogens (primary N) is 1. The van der Waals surface area contributed by atoms with Crippen LogP contribution in [0.1, 0.15) is 39.2 Å². The Balaban J connectivity index is 2.77. The van der Waals surface area contributed by atoms with E-state index in [1.165, 1.54) is 0 Å². The predicted molar refractivity (Wildman–Crippen MR) is 83.7 cm³/mol. The lowest BCUT2D eigenvalue weighted by atomic mass is 10.1. The van der Waals surface area contributed by atoms with Crippen molar-refractivity contribution in [2.75, 3.05) is 11.5 Å². The molecule has 2 N–H and O–H groups in total. The summed E-state index contributed by atoms with van der Waals surface area (Å²) >= 11 is 5.34. The largest absolute Gasteiger partial charge is 0.383 e. The maximum atomic E-state index is 5.92. The second-order valence-electron chi connectivity index (χ2n) is 5.29. The SMILES string of the molecule is CC(C)CSCc1nc(N)c(Br)c(CC(C)C)n1. The lowest BCUT2D eigenvalue weighted by Gasteiger charge is -2.11. The van der Waals surface area contributed by atoms with Gasteiger partial charge in [0, 0.05) is 0 Å². The number of halogens is 1. The molecule has 102 valence electrons. The van der Waals surface area contributed by atoms with Crippen molar-refractivity contribution in [1.82, 2.24) is 9.97 Å². The number of anilines is 1. The highest BCUT2D eigenvalue weighted by Crippen LogP contribution is 2.24. The van der Waals surface area contributed by atoms with Crippen LogP contribution in [0.2, 0.25) is 0 Å². The molecule has 0 aliphatic rings. The predicted octanol–water partition coefficient (Wildman–Crippen LogP) is 3.91. The molecule has 1 aromatic rings. The summed E-state index contributed by atoms with van der Waals surface area (Å²) in [4.78, 5) is 8.95. The molecule has 0 saturated heterocycles. The molecule has 0 aliphatic carbocycles. The molecule has 1 heterocycles. The van der Waals surface area contributed by atoms with Crippen LogP contribution in [-0.2, 0) is 12.2 Å². The minimum absolute atomic E-state index is 0.556. The van der Waals surface area contributed by atoms with Gasteiger partial charge < -0.3 is 5.73 Å². The molecule has 0 radical (unpaired) electrons. The van der Waals surface area contributed by atoms with Crippen LogP contribution >= 0.6 is 27.7 Å². The van der Waals surface area contributed by atoms with Crippen LogP contribution in [0.5, 0.6) is 0 Å². The van der Waals surface area contributed by atoms with Crippen molar-refractivity contribution in [3.8, 4) is 0 Å². The third kappa shape index (κ3) is 5.14. The van der Waals surface area contributed by atoms with Gasteiger partial charge in [-0.05, 0) is 39.9 Å². The van der Waals surface area contributed by atoms with E-state index in [9.17, 15) is 0 Å². The third-order valence-corrected chi connectivity index (χ3v) is 4.50. The highest BCUT2D eigenvalue weighted by Gasteiger charge is 2.11. The van der Waals surface area contributed by atoms with Crippen molar-refractivity contribution >= 4 is 33.5 Å². The molecular formula is C13H22BrN3S. The second-order valence-corrected chi connectivity index (χ2v) is 7.12. The molecule has 0 fully saturated rings. The number of nitrogen functional groups attached to an aromatic ring is 1. The minimum Gasteiger partial charge on any atom is -0.383 e. The zero-order chi connectivity index (χ0) is 13.7. The Hall–Kier alpha value is -0.290. The molecular weight excluding hydrogens is 310 g/mol. The van der Waals surface area contributed by atoms with Crippen molar-refractivity contribution in [1.29, 1.82) is 0 Å². The Bertz CT molecular complexity index is 394. The van der Waals surface area contributed by atoms with Gasteiger partial charge in [-0.25, -0.2) is 9.97 Å². The number of hydrogen-bond donors (Lipinski definition) is 1.